The molecule has 0 spiro atoms. The number of hydrogen-bond donors (Lipinski definition) is 0. The van der Waals surface area contributed by atoms with Crippen molar-refractivity contribution in [3.63, 3.8) is 0 Å². The first-order valence-corrected chi connectivity index (χ1v) is 8.43. The van der Waals surface area contributed by atoms with E-state index < -0.39 is 34.8 Å². The molecular weight excluding hydrogens is 411 g/mol. The number of carbonyl (C=O) groups excluding carboxylic acids is 1. The average molecular weight is 422 g/mol. The lowest BCUT2D eigenvalue weighted by molar-refractivity contribution is -0.140. The second-order valence-electron chi connectivity index (χ2n) is 6.40. The molecule has 3 heterocycles. The van der Waals surface area contributed by atoms with E-state index in [0.717, 1.165) is 29.4 Å². The second-order valence-corrected chi connectivity index (χ2v) is 6.40. The van der Waals surface area contributed by atoms with Crippen molar-refractivity contribution in [2.24, 2.45) is 0 Å². The summed E-state index contributed by atoms with van der Waals surface area (Å²) >= 11 is 0. The Labute approximate surface area is 165 Å². The van der Waals surface area contributed by atoms with Crippen LogP contribution in [-0.4, -0.2) is 35.8 Å². The quantitative estimate of drug-likeness (QED) is 0.594. The average Bonchev–Trinajstić information content (AvgIpc) is 3.09. The first kappa shape index (κ1) is 19.6. The van der Waals surface area contributed by atoms with Gasteiger partial charge in [-0.2, -0.15) is 17.9 Å². The number of halogens is 5. The molecule has 4 rings (SSSR count). The molecule has 1 aliphatic heterocycles. The number of hydrogen-bond acceptors (Lipinski definition) is 5. The van der Waals surface area contributed by atoms with Gasteiger partial charge in [-0.05, 0) is 12.1 Å². The lowest BCUT2D eigenvalue weighted by Crippen LogP contribution is -2.35. The SMILES string of the molecule is C=C1Cc2c(nnn2-c2ncc(F)cn2)CN1C(=O)c1cccc(C(F)(F)F)c1F. The Morgan fingerprint density at radius 2 is 1.83 bits per heavy atom. The van der Waals surface area contributed by atoms with Crippen molar-refractivity contribution in [3.8, 4) is 5.95 Å². The monoisotopic (exact) mass is 422 g/mol. The minimum atomic E-state index is -4.94. The molecule has 2 aromatic heterocycles. The van der Waals surface area contributed by atoms with Crippen LogP contribution in [0.5, 0.6) is 0 Å². The first-order chi connectivity index (χ1) is 14.2. The fraction of sp³-hybridized carbons (Fsp3) is 0.167. The Hall–Kier alpha value is -3.70. The summed E-state index contributed by atoms with van der Waals surface area (Å²) in [5, 5.41) is 7.81. The Bertz CT molecular complexity index is 1150. The van der Waals surface area contributed by atoms with Crippen LogP contribution < -0.4 is 0 Å². The summed E-state index contributed by atoms with van der Waals surface area (Å²) < 4.78 is 67.5. The number of nitrogens with zero attached hydrogens (tertiary/aromatic N) is 6. The molecule has 0 saturated heterocycles. The highest BCUT2D eigenvalue weighted by atomic mass is 19.4. The van der Waals surface area contributed by atoms with Gasteiger partial charge in [0.25, 0.3) is 11.9 Å². The normalized spacial score (nSPS) is 14.0. The summed E-state index contributed by atoms with van der Waals surface area (Å²) in [7, 11) is 0. The third-order valence-corrected chi connectivity index (χ3v) is 4.48. The fourth-order valence-electron chi connectivity index (χ4n) is 3.04. The molecule has 154 valence electrons. The highest BCUT2D eigenvalue weighted by Crippen LogP contribution is 2.33. The van der Waals surface area contributed by atoms with E-state index in [1.165, 1.54) is 4.68 Å². The molecule has 3 aromatic rings. The van der Waals surface area contributed by atoms with Gasteiger partial charge in [-0.15, -0.1) is 5.10 Å². The van der Waals surface area contributed by atoms with E-state index in [1.807, 2.05) is 0 Å². The Morgan fingerprint density at radius 1 is 1.13 bits per heavy atom. The Kier molecular flexibility index (Phi) is 4.56. The van der Waals surface area contributed by atoms with Crippen molar-refractivity contribution in [2.75, 3.05) is 0 Å². The van der Waals surface area contributed by atoms with Gasteiger partial charge in [0, 0.05) is 12.1 Å². The molecule has 30 heavy (non-hydrogen) atoms. The zero-order valence-electron chi connectivity index (χ0n) is 15.0. The lowest BCUT2D eigenvalue weighted by Gasteiger charge is -2.28. The van der Waals surface area contributed by atoms with Gasteiger partial charge in [0.15, 0.2) is 5.82 Å². The van der Waals surface area contributed by atoms with Crippen LogP contribution in [0, 0.1) is 11.6 Å². The van der Waals surface area contributed by atoms with Crippen LogP contribution in [0.1, 0.15) is 27.3 Å². The number of allylic oxidation sites excluding steroid dienone is 1. The molecule has 7 nitrogen and oxygen atoms in total. The van der Waals surface area contributed by atoms with E-state index in [9.17, 15) is 26.7 Å². The minimum Gasteiger partial charge on any atom is -0.306 e. The van der Waals surface area contributed by atoms with Crippen molar-refractivity contribution in [1.82, 2.24) is 29.9 Å². The minimum absolute atomic E-state index is 0.0232. The van der Waals surface area contributed by atoms with Crippen LogP contribution in [-0.2, 0) is 19.1 Å². The van der Waals surface area contributed by atoms with Crippen LogP contribution in [0.15, 0.2) is 42.9 Å². The van der Waals surface area contributed by atoms with Crippen LogP contribution in [0.2, 0.25) is 0 Å². The number of benzene rings is 1. The number of amides is 1. The molecule has 1 amide bonds. The fourth-order valence-corrected chi connectivity index (χ4v) is 3.04. The van der Waals surface area contributed by atoms with Crippen molar-refractivity contribution in [3.05, 3.63) is 77.0 Å². The molecule has 0 radical (unpaired) electrons. The van der Waals surface area contributed by atoms with E-state index in [1.54, 1.807) is 0 Å². The smallest absolute Gasteiger partial charge is 0.306 e. The summed E-state index contributed by atoms with van der Waals surface area (Å²) in [5.74, 6) is -3.24. The van der Waals surface area contributed by atoms with E-state index in [4.69, 9.17) is 0 Å². The molecule has 0 atom stereocenters. The van der Waals surface area contributed by atoms with Gasteiger partial charge < -0.3 is 4.90 Å². The molecule has 0 fully saturated rings. The maximum absolute atomic E-state index is 14.4. The molecule has 1 aromatic carbocycles. The van der Waals surface area contributed by atoms with E-state index in [2.05, 4.69) is 26.9 Å². The molecule has 0 aliphatic carbocycles. The standard InChI is InChI=1S/C18H11F5N6O/c1-9-5-14-13(26-27-29(14)17-24-6-10(19)7-25-17)8-28(9)16(30)11-3-2-4-12(15(11)20)18(21,22)23/h2-4,6-7H,1,5,8H2. The van der Waals surface area contributed by atoms with Gasteiger partial charge >= 0.3 is 6.18 Å². The Balaban J connectivity index is 1.66. The van der Waals surface area contributed by atoms with Crippen molar-refractivity contribution in [1.29, 1.82) is 0 Å². The van der Waals surface area contributed by atoms with Crippen molar-refractivity contribution in [2.45, 2.75) is 19.1 Å². The predicted octanol–water partition coefficient (Wildman–Crippen LogP) is 3.07. The number of aromatic nitrogens is 5. The third-order valence-electron chi connectivity index (χ3n) is 4.48. The maximum Gasteiger partial charge on any atom is 0.419 e. The first-order valence-electron chi connectivity index (χ1n) is 8.43. The summed E-state index contributed by atoms with van der Waals surface area (Å²) in [6.07, 6.45) is -3.03. The van der Waals surface area contributed by atoms with E-state index in [-0.39, 0.29) is 24.6 Å². The second kappa shape index (κ2) is 6.97. The van der Waals surface area contributed by atoms with Crippen molar-refractivity contribution >= 4 is 5.91 Å². The van der Waals surface area contributed by atoms with Gasteiger partial charge in [-0.1, -0.05) is 17.9 Å². The van der Waals surface area contributed by atoms with Gasteiger partial charge in [-0.3, -0.25) is 4.79 Å². The van der Waals surface area contributed by atoms with Gasteiger partial charge in [0.05, 0.1) is 35.8 Å². The number of fused-ring (bicyclic) bond motifs is 1. The van der Waals surface area contributed by atoms with E-state index >= 15 is 0 Å². The van der Waals surface area contributed by atoms with Gasteiger partial charge in [0.2, 0.25) is 0 Å². The summed E-state index contributed by atoms with van der Waals surface area (Å²) in [5.41, 5.74) is -1.30. The Morgan fingerprint density at radius 3 is 2.50 bits per heavy atom. The largest absolute Gasteiger partial charge is 0.419 e. The molecule has 0 N–H and O–H groups in total. The summed E-state index contributed by atoms with van der Waals surface area (Å²) in [6, 6.07) is 2.49. The van der Waals surface area contributed by atoms with Crippen LogP contribution in [0.3, 0.4) is 0 Å². The summed E-state index contributed by atoms with van der Waals surface area (Å²) in [4.78, 5) is 21.4. The predicted molar refractivity (Wildman–Crippen MR) is 91.0 cm³/mol. The van der Waals surface area contributed by atoms with Crippen LogP contribution >= 0.6 is 0 Å². The van der Waals surface area contributed by atoms with Gasteiger partial charge in [0.1, 0.15) is 11.5 Å². The zero-order chi connectivity index (χ0) is 21.6. The summed E-state index contributed by atoms with van der Waals surface area (Å²) in [6.45, 7) is 3.57. The molecule has 0 bridgehead atoms. The number of rotatable bonds is 2. The number of alkyl halides is 3. The molecular formula is C18H11F5N6O. The maximum atomic E-state index is 14.4. The highest BCUT2D eigenvalue weighted by molar-refractivity contribution is 5.96. The molecule has 0 saturated carbocycles. The molecule has 0 unspecified atom stereocenters. The van der Waals surface area contributed by atoms with Gasteiger partial charge in [-0.25, -0.2) is 18.7 Å². The molecule has 1 aliphatic rings. The third kappa shape index (κ3) is 3.29. The lowest BCUT2D eigenvalue weighted by atomic mass is 10.0. The topological polar surface area (TPSA) is 76.8 Å². The van der Waals surface area contributed by atoms with E-state index in [0.29, 0.717) is 17.5 Å². The van der Waals surface area contributed by atoms with Crippen LogP contribution in [0.4, 0.5) is 22.0 Å². The highest BCUT2D eigenvalue weighted by Gasteiger charge is 2.37. The van der Waals surface area contributed by atoms with Crippen molar-refractivity contribution < 1.29 is 26.7 Å². The zero-order valence-corrected chi connectivity index (χ0v) is 15.0. The number of carbonyl (C=O) groups is 1. The van der Waals surface area contributed by atoms with Crippen LogP contribution in [0.25, 0.3) is 5.95 Å². The molecule has 12 heteroatoms.